The molecule has 1 atom stereocenters. The van der Waals surface area contributed by atoms with E-state index >= 15 is 0 Å². The number of amides is 1. The van der Waals surface area contributed by atoms with Crippen LogP contribution in [0.25, 0.3) is 0 Å². The summed E-state index contributed by atoms with van der Waals surface area (Å²) in [5.74, 6) is 0.692. The van der Waals surface area contributed by atoms with Gasteiger partial charge in [-0.15, -0.1) is 0 Å². The highest BCUT2D eigenvalue weighted by atomic mass is 127. The topological polar surface area (TPSA) is 59.2 Å². The molecule has 15 heavy (non-hydrogen) atoms. The quantitative estimate of drug-likeness (QED) is 0.624. The van der Waals surface area contributed by atoms with Crippen LogP contribution in [0.5, 0.6) is 0 Å². The van der Waals surface area contributed by atoms with Gasteiger partial charge in [0.2, 0.25) is 5.91 Å². The predicted molar refractivity (Wildman–Crippen MR) is 66.5 cm³/mol. The average molecular weight is 317 g/mol. The second-order valence-electron chi connectivity index (χ2n) is 3.56. The number of piperidine rings is 1. The number of hydrogen-bond acceptors (Lipinski definition) is 3. The van der Waals surface area contributed by atoms with Crippen molar-refractivity contribution in [1.82, 2.24) is 4.98 Å². The van der Waals surface area contributed by atoms with Crippen molar-refractivity contribution < 1.29 is 4.79 Å². The largest absolute Gasteiger partial charge is 0.320 e. The first kappa shape index (κ1) is 10.8. The number of pyridine rings is 1. The third-order valence-corrected chi connectivity index (χ3v) is 3.06. The molecule has 4 nitrogen and oxygen atoms in total. The van der Waals surface area contributed by atoms with Gasteiger partial charge in [0, 0.05) is 6.54 Å². The highest BCUT2D eigenvalue weighted by Crippen LogP contribution is 2.18. The lowest BCUT2D eigenvalue weighted by atomic mass is 10.1. The minimum atomic E-state index is -0.363. The van der Waals surface area contributed by atoms with Crippen molar-refractivity contribution in [3.8, 4) is 0 Å². The van der Waals surface area contributed by atoms with Crippen molar-refractivity contribution in [2.24, 2.45) is 5.73 Å². The molecule has 0 bridgehead atoms. The fourth-order valence-corrected chi connectivity index (χ4v) is 2.13. The van der Waals surface area contributed by atoms with Gasteiger partial charge in [-0.25, -0.2) is 4.98 Å². The van der Waals surface area contributed by atoms with Gasteiger partial charge in [-0.05, 0) is 47.6 Å². The van der Waals surface area contributed by atoms with Gasteiger partial charge in [-0.2, -0.15) is 0 Å². The molecule has 1 aromatic rings. The van der Waals surface area contributed by atoms with Crippen molar-refractivity contribution in [2.75, 3.05) is 11.4 Å². The number of rotatable bonds is 1. The van der Waals surface area contributed by atoms with Gasteiger partial charge in [0.1, 0.15) is 9.52 Å². The van der Waals surface area contributed by atoms with Crippen LogP contribution in [0.2, 0.25) is 0 Å². The number of aromatic nitrogens is 1. The third kappa shape index (κ3) is 2.28. The third-order valence-electron chi connectivity index (χ3n) is 2.46. The van der Waals surface area contributed by atoms with E-state index in [1.165, 1.54) is 0 Å². The number of halogens is 1. The van der Waals surface area contributed by atoms with E-state index in [0.29, 0.717) is 5.82 Å². The number of carbonyl (C=O) groups excluding carboxylic acids is 1. The Kier molecular flexibility index (Phi) is 3.20. The van der Waals surface area contributed by atoms with Gasteiger partial charge >= 0.3 is 0 Å². The highest BCUT2D eigenvalue weighted by molar-refractivity contribution is 14.1. The number of nitrogens with two attached hydrogens (primary N) is 1. The molecule has 1 amide bonds. The first-order chi connectivity index (χ1) is 7.18. The van der Waals surface area contributed by atoms with Crippen LogP contribution in [0.1, 0.15) is 12.8 Å². The van der Waals surface area contributed by atoms with E-state index in [0.717, 1.165) is 23.1 Å². The molecule has 0 radical (unpaired) electrons. The Bertz CT molecular complexity index is 383. The lowest BCUT2D eigenvalue weighted by Crippen LogP contribution is -2.48. The number of carbonyl (C=O) groups is 1. The molecular formula is C10H12IN3O. The van der Waals surface area contributed by atoms with E-state index in [9.17, 15) is 4.79 Å². The molecule has 80 valence electrons. The summed E-state index contributed by atoms with van der Waals surface area (Å²) in [4.78, 5) is 17.8. The summed E-state index contributed by atoms with van der Waals surface area (Å²) in [6.07, 6.45) is 1.72. The van der Waals surface area contributed by atoms with Crippen LogP contribution < -0.4 is 10.6 Å². The molecule has 0 aromatic carbocycles. The van der Waals surface area contributed by atoms with E-state index in [-0.39, 0.29) is 11.9 Å². The fourth-order valence-electron chi connectivity index (χ4n) is 1.68. The Balaban J connectivity index is 2.26. The maximum absolute atomic E-state index is 11.8. The van der Waals surface area contributed by atoms with Crippen LogP contribution in [-0.2, 0) is 4.79 Å². The summed E-state index contributed by atoms with van der Waals surface area (Å²) < 4.78 is 0.886. The summed E-state index contributed by atoms with van der Waals surface area (Å²) >= 11 is 2.13. The summed E-state index contributed by atoms with van der Waals surface area (Å²) in [7, 11) is 0. The molecule has 2 N–H and O–H groups in total. The number of anilines is 1. The zero-order valence-electron chi connectivity index (χ0n) is 8.19. The SMILES string of the molecule is N[C@@H]1CCCN(c2cccc(I)n2)C1=O. The van der Waals surface area contributed by atoms with Crippen molar-refractivity contribution in [1.29, 1.82) is 0 Å². The first-order valence-corrected chi connectivity index (χ1v) is 5.96. The van der Waals surface area contributed by atoms with Gasteiger partial charge in [0.05, 0.1) is 6.04 Å². The minimum Gasteiger partial charge on any atom is -0.320 e. The van der Waals surface area contributed by atoms with Crippen LogP contribution in [0.4, 0.5) is 5.82 Å². The molecule has 1 aliphatic rings. The van der Waals surface area contributed by atoms with Gasteiger partial charge in [0.15, 0.2) is 0 Å². The first-order valence-electron chi connectivity index (χ1n) is 4.88. The molecule has 5 heteroatoms. The Morgan fingerprint density at radius 3 is 3.07 bits per heavy atom. The molecule has 0 aliphatic carbocycles. The Hall–Kier alpha value is -0.690. The van der Waals surface area contributed by atoms with E-state index in [2.05, 4.69) is 27.6 Å². The van der Waals surface area contributed by atoms with Gasteiger partial charge in [0.25, 0.3) is 0 Å². The summed E-state index contributed by atoms with van der Waals surface area (Å²) in [6.45, 7) is 0.722. The Morgan fingerprint density at radius 2 is 2.33 bits per heavy atom. The van der Waals surface area contributed by atoms with Crippen LogP contribution >= 0.6 is 22.6 Å². The number of nitrogens with zero attached hydrogens (tertiary/aromatic N) is 2. The van der Waals surface area contributed by atoms with Gasteiger partial charge < -0.3 is 5.73 Å². The number of hydrogen-bond donors (Lipinski definition) is 1. The van der Waals surface area contributed by atoms with E-state index in [1.807, 2.05) is 18.2 Å². The lowest BCUT2D eigenvalue weighted by molar-refractivity contribution is -0.120. The van der Waals surface area contributed by atoms with Gasteiger partial charge in [-0.3, -0.25) is 9.69 Å². The summed E-state index contributed by atoms with van der Waals surface area (Å²) in [5, 5.41) is 0. The summed E-state index contributed by atoms with van der Waals surface area (Å²) in [5.41, 5.74) is 5.72. The molecule has 0 saturated carbocycles. The fraction of sp³-hybridized carbons (Fsp3) is 0.400. The smallest absolute Gasteiger partial charge is 0.245 e. The highest BCUT2D eigenvalue weighted by Gasteiger charge is 2.27. The monoisotopic (exact) mass is 317 g/mol. The molecule has 2 heterocycles. The van der Waals surface area contributed by atoms with Crippen LogP contribution in [0.3, 0.4) is 0 Å². The molecule has 2 rings (SSSR count). The van der Waals surface area contributed by atoms with Crippen molar-refractivity contribution in [3.05, 3.63) is 21.9 Å². The van der Waals surface area contributed by atoms with Crippen molar-refractivity contribution in [3.63, 3.8) is 0 Å². The molecular weight excluding hydrogens is 305 g/mol. The molecule has 0 spiro atoms. The maximum Gasteiger partial charge on any atom is 0.245 e. The van der Waals surface area contributed by atoms with Crippen LogP contribution in [0, 0.1) is 3.70 Å². The second kappa shape index (κ2) is 4.44. The summed E-state index contributed by atoms with van der Waals surface area (Å²) in [6, 6.07) is 5.28. The second-order valence-corrected chi connectivity index (χ2v) is 4.66. The molecule has 1 fully saturated rings. The molecule has 1 aliphatic heterocycles. The lowest BCUT2D eigenvalue weighted by Gasteiger charge is -2.29. The van der Waals surface area contributed by atoms with Gasteiger partial charge in [-0.1, -0.05) is 6.07 Å². The van der Waals surface area contributed by atoms with Crippen molar-refractivity contribution >= 4 is 34.3 Å². The maximum atomic E-state index is 11.8. The average Bonchev–Trinajstić information content (AvgIpc) is 2.22. The van der Waals surface area contributed by atoms with E-state index < -0.39 is 0 Å². The van der Waals surface area contributed by atoms with Crippen LogP contribution in [0.15, 0.2) is 18.2 Å². The van der Waals surface area contributed by atoms with E-state index in [1.54, 1.807) is 4.90 Å². The molecule has 1 saturated heterocycles. The Labute approximate surface area is 102 Å². The normalized spacial score (nSPS) is 21.9. The van der Waals surface area contributed by atoms with Crippen LogP contribution in [-0.4, -0.2) is 23.5 Å². The van der Waals surface area contributed by atoms with E-state index in [4.69, 9.17) is 5.73 Å². The predicted octanol–water partition coefficient (Wildman–Crippen LogP) is 1.14. The van der Waals surface area contributed by atoms with Crippen molar-refractivity contribution in [2.45, 2.75) is 18.9 Å². The zero-order valence-corrected chi connectivity index (χ0v) is 10.3. The Morgan fingerprint density at radius 1 is 1.53 bits per heavy atom. The zero-order chi connectivity index (χ0) is 10.8. The minimum absolute atomic E-state index is 0.0178. The molecule has 0 unspecified atom stereocenters. The standard InChI is InChI=1S/C10H12IN3O/c11-8-4-1-5-9(13-8)14-6-2-3-7(12)10(14)15/h1,4-5,7H,2-3,6,12H2/t7-/m1/s1. The molecule has 1 aromatic heterocycles.